The molecule has 0 saturated carbocycles. The third-order valence-electron chi connectivity index (χ3n) is 6.06. The van der Waals surface area contributed by atoms with Crippen LogP contribution in [0.15, 0.2) is 24.3 Å². The number of hydrogen-bond donors (Lipinski definition) is 2. The fraction of sp³-hybridized carbons (Fsp3) is 0.619. The standard InChI is InChI=1S/C21H32N4O2/c1-16-5-3-4-6-18(16)20(27)23-17-7-10-25(11-8-17)19(26)13-24-12-9-21(2,14-22)15-24/h3-6,17H,7-15,22H2,1-2H3,(H,23,27). The van der Waals surface area contributed by atoms with E-state index >= 15 is 0 Å². The number of aryl methyl sites for hydroxylation is 1. The molecule has 3 rings (SSSR count). The molecule has 0 aliphatic carbocycles. The number of hydrogen-bond acceptors (Lipinski definition) is 4. The van der Waals surface area contributed by atoms with Crippen molar-refractivity contribution >= 4 is 11.8 Å². The Balaban J connectivity index is 1.44. The maximum absolute atomic E-state index is 12.6. The molecule has 1 aromatic carbocycles. The van der Waals surface area contributed by atoms with Crippen molar-refractivity contribution in [2.75, 3.05) is 39.3 Å². The van der Waals surface area contributed by atoms with Gasteiger partial charge < -0.3 is 16.0 Å². The Morgan fingerprint density at radius 1 is 1.22 bits per heavy atom. The lowest BCUT2D eigenvalue weighted by molar-refractivity contribution is -0.133. The van der Waals surface area contributed by atoms with E-state index in [0.29, 0.717) is 26.2 Å². The van der Waals surface area contributed by atoms with E-state index in [9.17, 15) is 9.59 Å². The summed E-state index contributed by atoms with van der Waals surface area (Å²) in [7, 11) is 0. The number of likely N-dealkylation sites (tertiary alicyclic amines) is 2. The highest BCUT2D eigenvalue weighted by molar-refractivity contribution is 5.95. The second-order valence-electron chi connectivity index (χ2n) is 8.42. The van der Waals surface area contributed by atoms with Gasteiger partial charge in [0.2, 0.25) is 5.91 Å². The summed E-state index contributed by atoms with van der Waals surface area (Å²) in [6.45, 7) is 8.56. The number of carbonyl (C=O) groups is 2. The monoisotopic (exact) mass is 372 g/mol. The van der Waals surface area contributed by atoms with Crippen LogP contribution in [0.4, 0.5) is 0 Å². The molecule has 27 heavy (non-hydrogen) atoms. The molecule has 6 heteroatoms. The van der Waals surface area contributed by atoms with Crippen LogP contribution in [0.3, 0.4) is 0 Å². The van der Waals surface area contributed by atoms with Crippen molar-refractivity contribution in [1.29, 1.82) is 0 Å². The van der Waals surface area contributed by atoms with Gasteiger partial charge in [0, 0.05) is 31.2 Å². The first-order valence-electron chi connectivity index (χ1n) is 9.97. The fourth-order valence-electron chi connectivity index (χ4n) is 4.08. The van der Waals surface area contributed by atoms with E-state index in [1.165, 1.54) is 0 Å². The van der Waals surface area contributed by atoms with Crippen LogP contribution in [-0.2, 0) is 4.79 Å². The SMILES string of the molecule is Cc1ccccc1C(=O)NC1CCN(C(=O)CN2CCC(C)(CN)C2)CC1. The third kappa shape index (κ3) is 4.87. The predicted molar refractivity (Wildman–Crippen MR) is 106 cm³/mol. The molecule has 0 radical (unpaired) electrons. The second-order valence-corrected chi connectivity index (χ2v) is 8.42. The van der Waals surface area contributed by atoms with E-state index in [1.54, 1.807) is 0 Å². The molecule has 0 spiro atoms. The Kier molecular flexibility index (Phi) is 6.17. The second kappa shape index (κ2) is 8.40. The molecule has 2 heterocycles. The molecule has 6 nitrogen and oxygen atoms in total. The molecular formula is C21H32N4O2. The Hall–Kier alpha value is -1.92. The van der Waals surface area contributed by atoms with Crippen molar-refractivity contribution in [1.82, 2.24) is 15.1 Å². The summed E-state index contributed by atoms with van der Waals surface area (Å²) < 4.78 is 0. The van der Waals surface area contributed by atoms with Gasteiger partial charge in [0.05, 0.1) is 6.54 Å². The minimum absolute atomic E-state index is 0.0176. The first-order valence-corrected chi connectivity index (χ1v) is 9.97. The maximum Gasteiger partial charge on any atom is 0.251 e. The summed E-state index contributed by atoms with van der Waals surface area (Å²) in [6.07, 6.45) is 2.68. The average molecular weight is 373 g/mol. The minimum Gasteiger partial charge on any atom is -0.349 e. The van der Waals surface area contributed by atoms with Crippen LogP contribution in [0.25, 0.3) is 0 Å². The summed E-state index contributed by atoms with van der Waals surface area (Å²) >= 11 is 0. The smallest absolute Gasteiger partial charge is 0.251 e. The summed E-state index contributed by atoms with van der Waals surface area (Å²) in [5.41, 5.74) is 7.71. The molecule has 0 aromatic heterocycles. The topological polar surface area (TPSA) is 78.7 Å². The molecule has 1 unspecified atom stereocenters. The van der Waals surface area contributed by atoms with Crippen molar-refractivity contribution in [3.05, 3.63) is 35.4 Å². The van der Waals surface area contributed by atoms with Gasteiger partial charge in [0.15, 0.2) is 0 Å². The zero-order valence-electron chi connectivity index (χ0n) is 16.5. The quantitative estimate of drug-likeness (QED) is 0.819. The number of piperidine rings is 1. The lowest BCUT2D eigenvalue weighted by Gasteiger charge is -2.33. The molecule has 1 aromatic rings. The fourth-order valence-corrected chi connectivity index (χ4v) is 4.08. The molecule has 2 aliphatic rings. The lowest BCUT2D eigenvalue weighted by atomic mass is 9.90. The predicted octanol–water partition coefficient (Wildman–Crippen LogP) is 1.39. The Morgan fingerprint density at radius 3 is 2.56 bits per heavy atom. The normalized spacial score (nSPS) is 24.2. The Labute approximate surface area is 162 Å². The number of rotatable bonds is 5. The van der Waals surface area contributed by atoms with E-state index in [0.717, 1.165) is 43.5 Å². The summed E-state index contributed by atoms with van der Waals surface area (Å²) in [5, 5.41) is 3.13. The van der Waals surface area contributed by atoms with Gasteiger partial charge in [-0.3, -0.25) is 14.5 Å². The summed E-state index contributed by atoms with van der Waals surface area (Å²) in [6, 6.07) is 7.76. The van der Waals surface area contributed by atoms with Gasteiger partial charge in [-0.25, -0.2) is 0 Å². The van der Waals surface area contributed by atoms with Gasteiger partial charge in [0.1, 0.15) is 0 Å². The maximum atomic E-state index is 12.6. The highest BCUT2D eigenvalue weighted by Gasteiger charge is 2.34. The third-order valence-corrected chi connectivity index (χ3v) is 6.06. The van der Waals surface area contributed by atoms with Crippen LogP contribution >= 0.6 is 0 Å². The molecule has 0 bridgehead atoms. The number of amides is 2. The highest BCUT2D eigenvalue weighted by atomic mass is 16.2. The Morgan fingerprint density at radius 2 is 1.93 bits per heavy atom. The zero-order chi connectivity index (χ0) is 19.4. The number of carbonyl (C=O) groups excluding carboxylic acids is 2. The van der Waals surface area contributed by atoms with Gasteiger partial charge >= 0.3 is 0 Å². The van der Waals surface area contributed by atoms with Crippen molar-refractivity contribution in [2.24, 2.45) is 11.1 Å². The van der Waals surface area contributed by atoms with Crippen LogP contribution in [0.2, 0.25) is 0 Å². The summed E-state index contributed by atoms with van der Waals surface area (Å²) in [5.74, 6) is 0.177. The van der Waals surface area contributed by atoms with Crippen molar-refractivity contribution in [3.63, 3.8) is 0 Å². The van der Waals surface area contributed by atoms with E-state index < -0.39 is 0 Å². The molecule has 2 amide bonds. The highest BCUT2D eigenvalue weighted by Crippen LogP contribution is 2.28. The number of benzene rings is 1. The van der Waals surface area contributed by atoms with Crippen LogP contribution in [-0.4, -0.2) is 66.9 Å². The van der Waals surface area contributed by atoms with E-state index in [4.69, 9.17) is 5.73 Å². The van der Waals surface area contributed by atoms with Crippen molar-refractivity contribution < 1.29 is 9.59 Å². The van der Waals surface area contributed by atoms with Gasteiger partial charge in [-0.2, -0.15) is 0 Å². The van der Waals surface area contributed by atoms with Crippen LogP contribution in [0.1, 0.15) is 42.1 Å². The van der Waals surface area contributed by atoms with Crippen molar-refractivity contribution in [2.45, 2.75) is 39.2 Å². The average Bonchev–Trinajstić information content (AvgIpc) is 3.04. The molecule has 2 aliphatic heterocycles. The first kappa shape index (κ1) is 19.8. The lowest BCUT2D eigenvalue weighted by Crippen LogP contribution is -2.49. The number of nitrogens with zero attached hydrogens (tertiary/aromatic N) is 2. The molecule has 3 N–H and O–H groups in total. The summed E-state index contributed by atoms with van der Waals surface area (Å²) in [4.78, 5) is 29.2. The van der Waals surface area contributed by atoms with Crippen LogP contribution < -0.4 is 11.1 Å². The largest absolute Gasteiger partial charge is 0.349 e. The van der Waals surface area contributed by atoms with Gasteiger partial charge in [0.25, 0.3) is 5.91 Å². The Bertz CT molecular complexity index is 685. The van der Waals surface area contributed by atoms with E-state index in [2.05, 4.69) is 17.1 Å². The molecule has 2 saturated heterocycles. The van der Waals surface area contributed by atoms with Gasteiger partial charge in [-0.15, -0.1) is 0 Å². The van der Waals surface area contributed by atoms with Crippen molar-refractivity contribution in [3.8, 4) is 0 Å². The number of nitrogens with one attached hydrogen (secondary N) is 1. The van der Waals surface area contributed by atoms with Gasteiger partial charge in [-0.1, -0.05) is 25.1 Å². The number of nitrogens with two attached hydrogens (primary N) is 1. The van der Waals surface area contributed by atoms with Crippen LogP contribution in [0, 0.1) is 12.3 Å². The first-order chi connectivity index (χ1) is 12.9. The molecule has 1 atom stereocenters. The molecule has 2 fully saturated rings. The van der Waals surface area contributed by atoms with Gasteiger partial charge in [-0.05, 0) is 56.3 Å². The van der Waals surface area contributed by atoms with Crippen LogP contribution in [0.5, 0.6) is 0 Å². The van der Waals surface area contributed by atoms with E-state index in [-0.39, 0.29) is 23.3 Å². The van der Waals surface area contributed by atoms with E-state index in [1.807, 2.05) is 36.1 Å². The minimum atomic E-state index is -0.0176. The molecule has 148 valence electrons. The molecular weight excluding hydrogens is 340 g/mol. The zero-order valence-corrected chi connectivity index (χ0v) is 16.5.